The van der Waals surface area contributed by atoms with Gasteiger partial charge in [-0.2, -0.15) is 0 Å². The number of hydrogen-bond donors (Lipinski definition) is 0. The van der Waals surface area contributed by atoms with Gasteiger partial charge in [-0.1, -0.05) is 23.2 Å². The molecule has 0 aliphatic heterocycles. The van der Waals surface area contributed by atoms with E-state index in [0.29, 0.717) is 15.8 Å². The lowest BCUT2D eigenvalue weighted by Gasteiger charge is -2.06. The second-order valence-corrected chi connectivity index (χ2v) is 4.13. The average molecular weight is 285 g/mol. The molecule has 0 radical (unpaired) electrons. The molecule has 0 atom stereocenters. The first-order valence-electron chi connectivity index (χ1n) is 4.79. The van der Waals surface area contributed by atoms with E-state index >= 15 is 0 Å². The van der Waals surface area contributed by atoms with E-state index in [2.05, 4.69) is 4.98 Å². The van der Waals surface area contributed by atoms with Crippen molar-refractivity contribution in [2.45, 2.75) is 0 Å². The maximum atomic E-state index is 10.5. The topological polar surface area (TPSA) is 65.3 Å². The van der Waals surface area contributed by atoms with Crippen LogP contribution in [0.15, 0.2) is 36.5 Å². The first-order valence-corrected chi connectivity index (χ1v) is 5.55. The third kappa shape index (κ3) is 2.88. The van der Waals surface area contributed by atoms with Crippen LogP contribution in [0.3, 0.4) is 0 Å². The summed E-state index contributed by atoms with van der Waals surface area (Å²) in [6, 6.07) is 7.42. The number of pyridine rings is 1. The minimum absolute atomic E-state index is 0.112. The molecule has 5 nitrogen and oxygen atoms in total. The van der Waals surface area contributed by atoms with Crippen LogP contribution in [-0.2, 0) is 0 Å². The molecular formula is C11H6Cl2N2O3. The van der Waals surface area contributed by atoms with E-state index in [0.717, 1.165) is 6.20 Å². The fourth-order valence-corrected chi connectivity index (χ4v) is 1.53. The Balaban J connectivity index is 2.23. The van der Waals surface area contributed by atoms with Gasteiger partial charge in [0.25, 0.3) is 5.69 Å². The van der Waals surface area contributed by atoms with Crippen LogP contribution in [0.4, 0.5) is 5.69 Å². The Labute approximate surface area is 112 Å². The number of ether oxygens (including phenoxy) is 1. The molecule has 2 aromatic rings. The zero-order chi connectivity index (χ0) is 13.1. The number of hydrogen-bond acceptors (Lipinski definition) is 4. The van der Waals surface area contributed by atoms with Crippen molar-refractivity contribution in [3.63, 3.8) is 0 Å². The van der Waals surface area contributed by atoms with E-state index in [1.807, 2.05) is 0 Å². The lowest BCUT2D eigenvalue weighted by atomic mass is 10.3. The molecule has 0 unspecified atom stereocenters. The average Bonchev–Trinajstić information content (AvgIpc) is 2.34. The van der Waals surface area contributed by atoms with Gasteiger partial charge in [-0.25, -0.2) is 4.98 Å². The molecule has 0 spiro atoms. The van der Waals surface area contributed by atoms with Crippen LogP contribution in [0.2, 0.25) is 10.0 Å². The minimum Gasteiger partial charge on any atom is -0.437 e. The Hall–Kier alpha value is -1.85. The quantitative estimate of drug-likeness (QED) is 0.629. The maximum absolute atomic E-state index is 10.5. The number of rotatable bonds is 3. The monoisotopic (exact) mass is 284 g/mol. The predicted molar refractivity (Wildman–Crippen MR) is 67.4 cm³/mol. The standard InChI is InChI=1S/C11H6Cl2N2O3/c12-7-1-3-9(13)10(5-7)18-11-4-2-8(6-14-11)15(16)17/h1-6H. The first-order chi connectivity index (χ1) is 8.56. The molecule has 1 heterocycles. The molecule has 0 fully saturated rings. The van der Waals surface area contributed by atoms with E-state index in [9.17, 15) is 10.1 Å². The van der Waals surface area contributed by atoms with Crippen LogP contribution in [0.1, 0.15) is 0 Å². The second-order valence-electron chi connectivity index (χ2n) is 3.29. The van der Waals surface area contributed by atoms with Crippen molar-refractivity contribution >= 4 is 28.9 Å². The van der Waals surface area contributed by atoms with Gasteiger partial charge >= 0.3 is 0 Å². The van der Waals surface area contributed by atoms with Gasteiger partial charge in [-0.05, 0) is 12.1 Å². The number of halogens is 2. The number of benzene rings is 1. The van der Waals surface area contributed by atoms with Crippen molar-refractivity contribution in [2.24, 2.45) is 0 Å². The first kappa shape index (κ1) is 12.6. The summed E-state index contributed by atoms with van der Waals surface area (Å²) >= 11 is 11.7. The maximum Gasteiger partial charge on any atom is 0.287 e. The van der Waals surface area contributed by atoms with Gasteiger partial charge in [0, 0.05) is 23.2 Å². The summed E-state index contributed by atoms with van der Waals surface area (Å²) in [5.41, 5.74) is -0.112. The van der Waals surface area contributed by atoms with E-state index in [1.54, 1.807) is 12.1 Å². The molecule has 0 saturated heterocycles. The summed E-state index contributed by atoms with van der Waals surface area (Å²) in [5, 5.41) is 11.3. The Bertz CT molecular complexity index is 587. The highest BCUT2D eigenvalue weighted by Gasteiger charge is 2.08. The summed E-state index contributed by atoms with van der Waals surface area (Å²) in [5.74, 6) is 0.537. The number of nitrogens with zero attached hydrogens (tertiary/aromatic N) is 2. The summed E-state index contributed by atoms with van der Waals surface area (Å²) in [4.78, 5) is 13.7. The highest BCUT2D eigenvalue weighted by atomic mass is 35.5. The fourth-order valence-electron chi connectivity index (χ4n) is 1.21. The predicted octanol–water partition coefficient (Wildman–Crippen LogP) is 4.09. The zero-order valence-electron chi connectivity index (χ0n) is 8.84. The molecule has 0 saturated carbocycles. The van der Waals surface area contributed by atoms with Crippen LogP contribution in [0, 0.1) is 10.1 Å². The highest BCUT2D eigenvalue weighted by molar-refractivity contribution is 6.34. The van der Waals surface area contributed by atoms with Gasteiger partial charge < -0.3 is 4.74 Å². The fraction of sp³-hybridized carbons (Fsp3) is 0. The van der Waals surface area contributed by atoms with Gasteiger partial charge in [-0.15, -0.1) is 0 Å². The van der Waals surface area contributed by atoms with E-state index in [4.69, 9.17) is 27.9 Å². The second kappa shape index (κ2) is 5.20. The summed E-state index contributed by atoms with van der Waals surface area (Å²) < 4.78 is 5.37. The number of nitro groups is 1. The largest absolute Gasteiger partial charge is 0.437 e. The van der Waals surface area contributed by atoms with Crippen LogP contribution in [0.25, 0.3) is 0 Å². The Morgan fingerprint density at radius 2 is 2.00 bits per heavy atom. The van der Waals surface area contributed by atoms with Crippen molar-refractivity contribution < 1.29 is 9.66 Å². The van der Waals surface area contributed by atoms with Crippen molar-refractivity contribution in [2.75, 3.05) is 0 Å². The SMILES string of the molecule is O=[N+]([O-])c1ccc(Oc2cc(Cl)ccc2Cl)nc1. The van der Waals surface area contributed by atoms with E-state index in [1.165, 1.54) is 18.2 Å². The molecule has 2 rings (SSSR count). The van der Waals surface area contributed by atoms with Crippen molar-refractivity contribution in [3.8, 4) is 11.6 Å². The highest BCUT2D eigenvalue weighted by Crippen LogP contribution is 2.31. The minimum atomic E-state index is -0.539. The molecule has 0 aliphatic carbocycles. The Morgan fingerprint density at radius 3 is 2.61 bits per heavy atom. The lowest BCUT2D eigenvalue weighted by Crippen LogP contribution is -1.92. The molecule has 1 aromatic heterocycles. The molecule has 0 N–H and O–H groups in total. The molecular weight excluding hydrogens is 279 g/mol. The molecule has 0 aliphatic rings. The van der Waals surface area contributed by atoms with Gasteiger partial charge in [0.1, 0.15) is 11.9 Å². The normalized spacial score (nSPS) is 10.1. The summed E-state index contributed by atoms with van der Waals surface area (Å²) in [7, 11) is 0. The molecule has 0 amide bonds. The molecule has 7 heteroatoms. The number of aromatic nitrogens is 1. The Morgan fingerprint density at radius 1 is 1.22 bits per heavy atom. The zero-order valence-corrected chi connectivity index (χ0v) is 10.4. The Kier molecular flexibility index (Phi) is 3.64. The van der Waals surface area contributed by atoms with E-state index in [-0.39, 0.29) is 11.6 Å². The smallest absolute Gasteiger partial charge is 0.287 e. The van der Waals surface area contributed by atoms with Crippen molar-refractivity contribution in [1.29, 1.82) is 0 Å². The third-order valence-corrected chi connectivity index (χ3v) is 2.59. The van der Waals surface area contributed by atoms with Gasteiger partial charge in [0.2, 0.25) is 5.88 Å². The van der Waals surface area contributed by atoms with Crippen LogP contribution < -0.4 is 4.74 Å². The molecule has 92 valence electrons. The molecule has 0 bridgehead atoms. The summed E-state index contributed by atoms with van der Waals surface area (Å²) in [6.07, 6.45) is 1.10. The van der Waals surface area contributed by atoms with Crippen LogP contribution >= 0.6 is 23.2 Å². The summed E-state index contributed by atoms with van der Waals surface area (Å²) in [6.45, 7) is 0. The van der Waals surface area contributed by atoms with Crippen LogP contribution in [-0.4, -0.2) is 9.91 Å². The molecule has 18 heavy (non-hydrogen) atoms. The van der Waals surface area contributed by atoms with Crippen LogP contribution in [0.5, 0.6) is 11.6 Å². The van der Waals surface area contributed by atoms with E-state index < -0.39 is 4.92 Å². The van der Waals surface area contributed by atoms with Gasteiger partial charge in [0.15, 0.2) is 0 Å². The van der Waals surface area contributed by atoms with Gasteiger partial charge in [0.05, 0.1) is 9.95 Å². The van der Waals surface area contributed by atoms with Crippen molar-refractivity contribution in [1.82, 2.24) is 4.98 Å². The lowest BCUT2D eigenvalue weighted by molar-refractivity contribution is -0.385. The molecule has 1 aromatic carbocycles. The third-order valence-electron chi connectivity index (χ3n) is 2.04. The van der Waals surface area contributed by atoms with Crippen molar-refractivity contribution in [3.05, 3.63) is 56.7 Å². The van der Waals surface area contributed by atoms with Gasteiger partial charge in [-0.3, -0.25) is 10.1 Å².